The predicted octanol–water partition coefficient (Wildman–Crippen LogP) is 0.569. The summed E-state index contributed by atoms with van der Waals surface area (Å²) in [7, 11) is -2.67. The van der Waals surface area contributed by atoms with Gasteiger partial charge in [0.05, 0.1) is 7.11 Å². The molecule has 1 aliphatic heterocycles. The van der Waals surface area contributed by atoms with Crippen LogP contribution in [0.15, 0.2) is 23.1 Å². The Morgan fingerprint density at radius 3 is 2.71 bits per heavy atom. The van der Waals surface area contributed by atoms with Gasteiger partial charge in [0.25, 0.3) is 0 Å². The number of amides is 1. The van der Waals surface area contributed by atoms with Crippen LogP contribution in [0.25, 0.3) is 0 Å². The Labute approximate surface area is 140 Å². The third kappa shape index (κ3) is 3.68. The number of benzene rings is 1. The van der Waals surface area contributed by atoms with Crippen LogP contribution in [0.3, 0.4) is 0 Å². The van der Waals surface area contributed by atoms with E-state index in [0.717, 1.165) is 4.31 Å². The molecule has 0 unspecified atom stereocenters. The maximum absolute atomic E-state index is 12.9. The van der Waals surface area contributed by atoms with Crippen molar-refractivity contribution in [3.05, 3.63) is 23.8 Å². The van der Waals surface area contributed by atoms with Crippen molar-refractivity contribution in [2.45, 2.75) is 37.2 Å². The van der Waals surface area contributed by atoms with Gasteiger partial charge in [-0.3, -0.25) is 9.59 Å². The molecule has 0 saturated carbocycles. The third-order valence-corrected chi connectivity index (χ3v) is 5.77. The van der Waals surface area contributed by atoms with Crippen molar-refractivity contribution in [2.75, 3.05) is 13.7 Å². The molecule has 0 aromatic heterocycles. The van der Waals surface area contributed by atoms with E-state index in [2.05, 4.69) is 5.32 Å². The number of ether oxygens (including phenoxy) is 1. The number of carboxylic acid groups (broad SMARTS) is 1. The van der Waals surface area contributed by atoms with Gasteiger partial charge in [-0.15, -0.1) is 0 Å². The molecule has 1 aromatic rings. The summed E-state index contributed by atoms with van der Waals surface area (Å²) >= 11 is 0. The minimum Gasteiger partial charge on any atom is -0.495 e. The Morgan fingerprint density at radius 1 is 1.42 bits per heavy atom. The predicted molar refractivity (Wildman–Crippen MR) is 85.1 cm³/mol. The van der Waals surface area contributed by atoms with Crippen molar-refractivity contribution in [1.82, 2.24) is 9.62 Å². The number of carboxylic acids is 1. The fourth-order valence-corrected chi connectivity index (χ4v) is 4.52. The normalized spacial score (nSPS) is 18.3. The number of carbonyl (C=O) groups is 2. The Morgan fingerprint density at radius 2 is 2.12 bits per heavy atom. The lowest BCUT2D eigenvalue weighted by molar-refractivity contribution is -0.140. The molecule has 8 nitrogen and oxygen atoms in total. The van der Waals surface area contributed by atoms with Crippen LogP contribution in [-0.2, 0) is 26.2 Å². The van der Waals surface area contributed by atoms with Gasteiger partial charge in [-0.2, -0.15) is 4.31 Å². The van der Waals surface area contributed by atoms with Crippen LogP contribution in [0, 0.1) is 0 Å². The van der Waals surface area contributed by atoms with Gasteiger partial charge >= 0.3 is 5.97 Å². The molecule has 0 spiro atoms. The SMILES string of the molecule is COc1ccc(CNC(C)=O)cc1S(=O)(=O)N1CCC[C@@H]1C(=O)O. The van der Waals surface area contributed by atoms with E-state index in [1.165, 1.54) is 26.2 Å². The molecular weight excluding hydrogens is 336 g/mol. The van der Waals surface area contributed by atoms with Crippen LogP contribution >= 0.6 is 0 Å². The number of carbonyl (C=O) groups excluding carboxylic acids is 1. The van der Waals surface area contributed by atoms with Crippen LogP contribution < -0.4 is 10.1 Å². The van der Waals surface area contributed by atoms with Gasteiger partial charge in [-0.1, -0.05) is 6.07 Å². The Hall–Kier alpha value is -2.13. The lowest BCUT2D eigenvalue weighted by Gasteiger charge is -2.22. The monoisotopic (exact) mass is 356 g/mol. The smallest absolute Gasteiger partial charge is 0.322 e. The van der Waals surface area contributed by atoms with E-state index in [0.29, 0.717) is 12.0 Å². The van der Waals surface area contributed by atoms with Gasteiger partial charge in [-0.05, 0) is 30.5 Å². The Kier molecular flexibility index (Phi) is 5.45. The number of rotatable bonds is 6. The highest BCUT2D eigenvalue weighted by atomic mass is 32.2. The van der Waals surface area contributed by atoms with E-state index in [1.807, 2.05) is 0 Å². The summed E-state index contributed by atoms with van der Waals surface area (Å²) in [4.78, 5) is 22.2. The van der Waals surface area contributed by atoms with Crippen molar-refractivity contribution in [2.24, 2.45) is 0 Å². The topological polar surface area (TPSA) is 113 Å². The number of sulfonamides is 1. The minimum atomic E-state index is -4.02. The van der Waals surface area contributed by atoms with E-state index < -0.39 is 22.0 Å². The number of nitrogens with one attached hydrogen (secondary N) is 1. The lowest BCUT2D eigenvalue weighted by atomic mass is 10.2. The molecule has 1 atom stereocenters. The van der Waals surface area contributed by atoms with Crippen molar-refractivity contribution in [3.63, 3.8) is 0 Å². The number of hydrogen-bond acceptors (Lipinski definition) is 5. The summed E-state index contributed by atoms with van der Waals surface area (Å²) in [5.74, 6) is -1.26. The zero-order chi connectivity index (χ0) is 17.9. The summed E-state index contributed by atoms with van der Waals surface area (Å²) < 4.78 is 32.0. The molecule has 132 valence electrons. The summed E-state index contributed by atoms with van der Waals surface area (Å²) in [6.07, 6.45) is 0.770. The average Bonchev–Trinajstić information content (AvgIpc) is 3.03. The second-order valence-electron chi connectivity index (χ2n) is 5.51. The fraction of sp³-hybridized carbons (Fsp3) is 0.467. The molecule has 1 aliphatic rings. The van der Waals surface area contributed by atoms with Crippen molar-refractivity contribution >= 4 is 21.9 Å². The number of methoxy groups -OCH3 is 1. The number of hydrogen-bond donors (Lipinski definition) is 2. The first-order chi connectivity index (χ1) is 11.3. The van der Waals surface area contributed by atoms with Gasteiger partial charge in [0, 0.05) is 20.0 Å². The van der Waals surface area contributed by atoms with Crippen molar-refractivity contribution in [1.29, 1.82) is 0 Å². The van der Waals surface area contributed by atoms with E-state index >= 15 is 0 Å². The molecule has 1 fully saturated rings. The first-order valence-electron chi connectivity index (χ1n) is 7.43. The minimum absolute atomic E-state index is 0.0963. The third-order valence-electron chi connectivity index (χ3n) is 3.84. The molecule has 1 aromatic carbocycles. The Balaban J connectivity index is 2.42. The summed E-state index contributed by atoms with van der Waals surface area (Å²) in [6, 6.07) is 3.47. The van der Waals surface area contributed by atoms with Crippen molar-refractivity contribution < 1.29 is 27.9 Å². The van der Waals surface area contributed by atoms with Gasteiger partial charge in [0.15, 0.2) is 0 Å². The number of nitrogens with zero attached hydrogens (tertiary/aromatic N) is 1. The average molecular weight is 356 g/mol. The standard InChI is InChI=1S/C15H20N2O6S/c1-10(18)16-9-11-5-6-13(23-2)14(8-11)24(21,22)17-7-3-4-12(17)15(19)20/h5-6,8,12H,3-4,7,9H2,1-2H3,(H,16,18)(H,19,20)/t12-/m1/s1. The molecule has 2 N–H and O–H groups in total. The zero-order valence-electron chi connectivity index (χ0n) is 13.5. The molecule has 1 saturated heterocycles. The second kappa shape index (κ2) is 7.18. The summed E-state index contributed by atoms with van der Waals surface area (Å²) in [6.45, 7) is 1.69. The van der Waals surface area contributed by atoms with Crippen LogP contribution in [-0.4, -0.2) is 49.4 Å². The lowest BCUT2D eigenvalue weighted by Crippen LogP contribution is -2.40. The largest absolute Gasteiger partial charge is 0.495 e. The van der Waals surface area contributed by atoms with Crippen LogP contribution in [0.4, 0.5) is 0 Å². The summed E-state index contributed by atoms with van der Waals surface area (Å²) in [5, 5.41) is 11.8. The van der Waals surface area contributed by atoms with Gasteiger partial charge in [0.1, 0.15) is 16.7 Å². The maximum atomic E-state index is 12.9. The molecule has 2 rings (SSSR count). The molecule has 1 heterocycles. The highest BCUT2D eigenvalue weighted by Gasteiger charge is 2.40. The first-order valence-corrected chi connectivity index (χ1v) is 8.87. The van der Waals surface area contributed by atoms with E-state index in [1.54, 1.807) is 6.07 Å². The maximum Gasteiger partial charge on any atom is 0.322 e. The van der Waals surface area contributed by atoms with Gasteiger partial charge in [-0.25, -0.2) is 8.42 Å². The molecule has 0 aliphatic carbocycles. The molecule has 9 heteroatoms. The Bertz CT molecular complexity index is 746. The van der Waals surface area contributed by atoms with Crippen LogP contribution in [0.5, 0.6) is 5.75 Å². The van der Waals surface area contributed by atoms with E-state index in [-0.39, 0.29) is 36.1 Å². The van der Waals surface area contributed by atoms with E-state index in [4.69, 9.17) is 4.74 Å². The first kappa shape index (κ1) is 18.2. The van der Waals surface area contributed by atoms with Crippen LogP contribution in [0.1, 0.15) is 25.3 Å². The molecule has 1 amide bonds. The summed E-state index contributed by atoms with van der Waals surface area (Å²) in [5.41, 5.74) is 0.579. The highest BCUT2D eigenvalue weighted by Crippen LogP contribution is 2.32. The van der Waals surface area contributed by atoms with E-state index in [9.17, 15) is 23.1 Å². The number of aliphatic carboxylic acids is 1. The van der Waals surface area contributed by atoms with Crippen molar-refractivity contribution in [3.8, 4) is 5.75 Å². The fourth-order valence-electron chi connectivity index (χ4n) is 2.66. The second-order valence-corrected chi connectivity index (χ2v) is 7.37. The van der Waals surface area contributed by atoms with Crippen LogP contribution in [0.2, 0.25) is 0 Å². The van der Waals surface area contributed by atoms with Gasteiger partial charge in [0.2, 0.25) is 15.9 Å². The zero-order valence-corrected chi connectivity index (χ0v) is 14.3. The van der Waals surface area contributed by atoms with Gasteiger partial charge < -0.3 is 15.2 Å². The quantitative estimate of drug-likeness (QED) is 0.770. The molecular formula is C15H20N2O6S. The molecule has 24 heavy (non-hydrogen) atoms. The molecule has 0 radical (unpaired) electrons. The highest BCUT2D eigenvalue weighted by molar-refractivity contribution is 7.89. The molecule has 0 bridgehead atoms.